The summed E-state index contributed by atoms with van der Waals surface area (Å²) < 4.78 is 1.60. The maximum atomic E-state index is 12.1. The molecule has 0 aliphatic rings. The van der Waals surface area contributed by atoms with Crippen LogP contribution in [0.15, 0.2) is 6.20 Å². The van der Waals surface area contributed by atoms with Crippen molar-refractivity contribution in [3.8, 4) is 0 Å². The Morgan fingerprint density at radius 2 is 2.26 bits per heavy atom. The van der Waals surface area contributed by atoms with Gasteiger partial charge in [0.2, 0.25) is 5.91 Å². The van der Waals surface area contributed by atoms with Gasteiger partial charge < -0.3 is 11.1 Å². The van der Waals surface area contributed by atoms with Crippen molar-refractivity contribution in [2.24, 2.45) is 5.73 Å². The summed E-state index contributed by atoms with van der Waals surface area (Å²) in [5, 5.41) is 11.1. The molecule has 3 N–H and O–H groups in total. The number of rotatable bonds is 7. The Bertz CT molecular complexity index is 413. The number of aromatic nitrogens is 3. The van der Waals surface area contributed by atoms with Gasteiger partial charge in [-0.15, -0.1) is 5.10 Å². The van der Waals surface area contributed by atoms with Gasteiger partial charge in [0, 0.05) is 11.7 Å². The number of carbonyl (C=O) groups excluding carboxylic acids is 1. The highest BCUT2D eigenvalue weighted by Gasteiger charge is 2.23. The van der Waals surface area contributed by atoms with Crippen LogP contribution in [0.5, 0.6) is 0 Å². The molecule has 108 valence electrons. The summed E-state index contributed by atoms with van der Waals surface area (Å²) in [5.74, 6) is -0.0397. The van der Waals surface area contributed by atoms with E-state index in [4.69, 9.17) is 5.73 Å². The first-order chi connectivity index (χ1) is 8.89. The molecule has 0 aromatic carbocycles. The standard InChI is InChI=1S/C13H25N5O/c1-5-13(3,4)15-12(19)10(2)18-9-11(16-17-18)7-6-8-14/h9-10H,5-8,14H2,1-4H3,(H,15,19). The molecule has 1 aromatic rings. The van der Waals surface area contributed by atoms with Crippen molar-refractivity contribution >= 4 is 5.91 Å². The van der Waals surface area contributed by atoms with Gasteiger partial charge in [-0.3, -0.25) is 4.79 Å². The highest BCUT2D eigenvalue weighted by Crippen LogP contribution is 2.11. The van der Waals surface area contributed by atoms with Crippen LogP contribution < -0.4 is 11.1 Å². The lowest BCUT2D eigenvalue weighted by Crippen LogP contribution is -2.45. The van der Waals surface area contributed by atoms with E-state index in [9.17, 15) is 4.79 Å². The second-order valence-electron chi connectivity index (χ2n) is 5.48. The molecule has 0 aliphatic heterocycles. The second-order valence-corrected chi connectivity index (χ2v) is 5.48. The van der Waals surface area contributed by atoms with Crippen molar-refractivity contribution < 1.29 is 4.79 Å². The molecule has 6 nitrogen and oxygen atoms in total. The zero-order valence-electron chi connectivity index (χ0n) is 12.3. The Hall–Kier alpha value is -1.43. The topological polar surface area (TPSA) is 85.8 Å². The van der Waals surface area contributed by atoms with Gasteiger partial charge in [-0.25, -0.2) is 4.68 Å². The Balaban J connectivity index is 2.64. The van der Waals surface area contributed by atoms with E-state index in [0.29, 0.717) is 6.54 Å². The quantitative estimate of drug-likeness (QED) is 0.772. The van der Waals surface area contributed by atoms with Crippen LogP contribution in [0.25, 0.3) is 0 Å². The van der Waals surface area contributed by atoms with Crippen LogP contribution in [0.2, 0.25) is 0 Å². The number of hydrogen-bond donors (Lipinski definition) is 2. The number of aryl methyl sites for hydroxylation is 1. The Morgan fingerprint density at radius 3 is 2.84 bits per heavy atom. The maximum absolute atomic E-state index is 12.1. The second kappa shape index (κ2) is 6.65. The molecule has 6 heteroatoms. The van der Waals surface area contributed by atoms with Crippen LogP contribution in [0.1, 0.15) is 52.3 Å². The smallest absolute Gasteiger partial charge is 0.245 e. The predicted octanol–water partition coefficient (Wildman–Crippen LogP) is 1.04. The fraction of sp³-hybridized carbons (Fsp3) is 0.769. The van der Waals surface area contributed by atoms with Crippen molar-refractivity contribution in [3.05, 3.63) is 11.9 Å². The Kier molecular flexibility index (Phi) is 5.47. The van der Waals surface area contributed by atoms with Gasteiger partial charge in [0.05, 0.1) is 5.69 Å². The molecule has 0 fully saturated rings. The first-order valence-corrected chi connectivity index (χ1v) is 6.82. The number of nitrogens with one attached hydrogen (secondary N) is 1. The summed E-state index contributed by atoms with van der Waals surface area (Å²) in [7, 11) is 0. The van der Waals surface area contributed by atoms with Gasteiger partial charge in [0.25, 0.3) is 0 Å². The van der Waals surface area contributed by atoms with Gasteiger partial charge in [-0.1, -0.05) is 12.1 Å². The van der Waals surface area contributed by atoms with E-state index in [2.05, 4.69) is 15.6 Å². The van der Waals surface area contributed by atoms with Crippen LogP contribution in [0, 0.1) is 0 Å². The first-order valence-electron chi connectivity index (χ1n) is 6.82. The molecule has 1 aromatic heterocycles. The van der Waals surface area contributed by atoms with Crippen LogP contribution in [-0.2, 0) is 11.2 Å². The summed E-state index contributed by atoms with van der Waals surface area (Å²) in [6.07, 6.45) is 4.37. The lowest BCUT2D eigenvalue weighted by molar-refractivity contribution is -0.125. The molecule has 0 bridgehead atoms. The number of nitrogens with zero attached hydrogens (tertiary/aromatic N) is 3. The fourth-order valence-corrected chi connectivity index (χ4v) is 1.55. The van der Waals surface area contributed by atoms with Crippen molar-refractivity contribution in [1.82, 2.24) is 20.3 Å². The molecular formula is C13H25N5O. The summed E-state index contributed by atoms with van der Waals surface area (Å²) in [6, 6.07) is -0.357. The average molecular weight is 267 g/mol. The summed E-state index contributed by atoms with van der Waals surface area (Å²) in [5.41, 5.74) is 6.13. The third-order valence-electron chi connectivity index (χ3n) is 3.32. The van der Waals surface area contributed by atoms with Gasteiger partial charge in [0.1, 0.15) is 6.04 Å². The van der Waals surface area contributed by atoms with Crippen molar-refractivity contribution in [2.45, 2.75) is 58.5 Å². The summed E-state index contributed by atoms with van der Waals surface area (Å²) >= 11 is 0. The minimum atomic E-state index is -0.357. The van der Waals surface area contributed by atoms with E-state index in [1.54, 1.807) is 4.68 Å². The minimum absolute atomic E-state index is 0.0397. The SMILES string of the molecule is CCC(C)(C)NC(=O)C(C)n1cc(CCCN)nn1. The monoisotopic (exact) mass is 267 g/mol. The fourth-order valence-electron chi connectivity index (χ4n) is 1.55. The van der Waals surface area contributed by atoms with Crippen molar-refractivity contribution in [2.75, 3.05) is 6.54 Å². The van der Waals surface area contributed by atoms with E-state index < -0.39 is 0 Å². The largest absolute Gasteiger partial charge is 0.349 e. The van der Waals surface area contributed by atoms with Gasteiger partial charge in [-0.05, 0) is 46.6 Å². The molecule has 0 saturated heterocycles. The molecular weight excluding hydrogens is 242 g/mol. The van der Waals surface area contributed by atoms with Crippen LogP contribution in [0.4, 0.5) is 0 Å². The van der Waals surface area contributed by atoms with E-state index in [1.165, 1.54) is 0 Å². The predicted molar refractivity (Wildman–Crippen MR) is 74.6 cm³/mol. The minimum Gasteiger partial charge on any atom is -0.349 e. The zero-order chi connectivity index (χ0) is 14.5. The first kappa shape index (κ1) is 15.6. The van der Waals surface area contributed by atoms with E-state index >= 15 is 0 Å². The highest BCUT2D eigenvalue weighted by molar-refractivity contribution is 5.80. The lowest BCUT2D eigenvalue weighted by atomic mass is 10.0. The molecule has 1 rings (SSSR count). The lowest BCUT2D eigenvalue weighted by Gasteiger charge is -2.26. The molecule has 19 heavy (non-hydrogen) atoms. The Morgan fingerprint density at radius 1 is 1.58 bits per heavy atom. The maximum Gasteiger partial charge on any atom is 0.245 e. The van der Waals surface area contributed by atoms with Gasteiger partial charge >= 0.3 is 0 Å². The summed E-state index contributed by atoms with van der Waals surface area (Å²) in [6.45, 7) is 8.51. The molecule has 1 atom stereocenters. The molecule has 1 amide bonds. The molecule has 0 aliphatic carbocycles. The number of amides is 1. The molecule has 0 saturated carbocycles. The molecule has 0 radical (unpaired) electrons. The number of carbonyl (C=O) groups is 1. The van der Waals surface area contributed by atoms with Crippen LogP contribution >= 0.6 is 0 Å². The third kappa shape index (κ3) is 4.63. The molecule has 0 spiro atoms. The Labute approximate surface area is 114 Å². The van der Waals surface area contributed by atoms with Gasteiger partial charge in [-0.2, -0.15) is 0 Å². The summed E-state index contributed by atoms with van der Waals surface area (Å²) in [4.78, 5) is 12.1. The van der Waals surface area contributed by atoms with Crippen LogP contribution in [0.3, 0.4) is 0 Å². The average Bonchev–Trinajstić information content (AvgIpc) is 2.83. The van der Waals surface area contributed by atoms with E-state index in [0.717, 1.165) is 25.0 Å². The third-order valence-corrected chi connectivity index (χ3v) is 3.32. The van der Waals surface area contributed by atoms with E-state index in [1.807, 2.05) is 33.9 Å². The van der Waals surface area contributed by atoms with E-state index in [-0.39, 0.29) is 17.5 Å². The zero-order valence-corrected chi connectivity index (χ0v) is 12.3. The highest BCUT2D eigenvalue weighted by atomic mass is 16.2. The van der Waals surface area contributed by atoms with Crippen molar-refractivity contribution in [3.63, 3.8) is 0 Å². The molecule has 1 heterocycles. The van der Waals surface area contributed by atoms with Crippen molar-refractivity contribution in [1.29, 1.82) is 0 Å². The van der Waals surface area contributed by atoms with Crippen LogP contribution in [-0.4, -0.2) is 33.0 Å². The number of hydrogen-bond acceptors (Lipinski definition) is 4. The molecule has 1 unspecified atom stereocenters. The number of nitrogens with two attached hydrogens (primary N) is 1. The normalized spacial score (nSPS) is 13.3. The van der Waals surface area contributed by atoms with Gasteiger partial charge in [0.15, 0.2) is 0 Å².